The molecule has 0 spiro atoms. The number of morpholine rings is 1. The monoisotopic (exact) mass is 382 g/mol. The van der Waals surface area contributed by atoms with Crippen LogP contribution in [-0.4, -0.2) is 59.3 Å². The summed E-state index contributed by atoms with van der Waals surface area (Å²) in [6.45, 7) is 9.67. The van der Waals surface area contributed by atoms with Crippen molar-refractivity contribution in [2.45, 2.75) is 26.3 Å². The van der Waals surface area contributed by atoms with Crippen LogP contribution in [0.3, 0.4) is 0 Å². The number of carbonyl (C=O) groups is 1. The summed E-state index contributed by atoms with van der Waals surface area (Å²) < 4.78 is 9.73. The van der Waals surface area contributed by atoms with Crippen LogP contribution in [0.5, 0.6) is 0 Å². The van der Waals surface area contributed by atoms with E-state index < -0.39 is 0 Å². The molecule has 150 valence electrons. The molecule has 1 amide bonds. The Morgan fingerprint density at radius 1 is 1.18 bits per heavy atom. The second-order valence-electron chi connectivity index (χ2n) is 7.87. The summed E-state index contributed by atoms with van der Waals surface area (Å²) in [5.74, 6) is 0.0000599. The zero-order valence-electron chi connectivity index (χ0n) is 17.1. The van der Waals surface area contributed by atoms with Crippen LogP contribution >= 0.6 is 0 Å². The van der Waals surface area contributed by atoms with Gasteiger partial charge < -0.3 is 19.2 Å². The standard InChI is InChI=1S/C22H30N4O2/c1-16(2)26-18-8-5-4-7-17(18)21-19(26)15-20(24(21)3)22(27)23-9-6-10-25-11-13-28-14-12-25/h4-5,7-8,15-16H,6,9-14H2,1-3H3,(H,23,27). The molecule has 0 atom stereocenters. The van der Waals surface area contributed by atoms with Crippen molar-refractivity contribution in [2.24, 2.45) is 7.05 Å². The van der Waals surface area contributed by atoms with Gasteiger partial charge in [0, 0.05) is 38.1 Å². The molecule has 1 aliphatic rings. The predicted molar refractivity (Wildman–Crippen MR) is 113 cm³/mol. The zero-order valence-corrected chi connectivity index (χ0v) is 17.1. The lowest BCUT2D eigenvalue weighted by atomic mass is 10.2. The van der Waals surface area contributed by atoms with Crippen molar-refractivity contribution in [3.63, 3.8) is 0 Å². The quantitative estimate of drug-likeness (QED) is 0.666. The molecule has 1 fully saturated rings. The maximum Gasteiger partial charge on any atom is 0.267 e. The zero-order chi connectivity index (χ0) is 19.7. The second-order valence-corrected chi connectivity index (χ2v) is 7.87. The van der Waals surface area contributed by atoms with Crippen LogP contribution < -0.4 is 5.32 Å². The third-order valence-electron chi connectivity index (χ3n) is 5.68. The van der Waals surface area contributed by atoms with Crippen molar-refractivity contribution >= 4 is 27.8 Å². The lowest BCUT2D eigenvalue weighted by Gasteiger charge is -2.26. The summed E-state index contributed by atoms with van der Waals surface area (Å²) in [5, 5.41) is 4.29. The first-order valence-electron chi connectivity index (χ1n) is 10.2. The van der Waals surface area contributed by atoms with Gasteiger partial charge in [0.15, 0.2) is 0 Å². The van der Waals surface area contributed by atoms with Gasteiger partial charge in [0.05, 0.1) is 29.8 Å². The van der Waals surface area contributed by atoms with Gasteiger partial charge in [-0.2, -0.15) is 0 Å². The molecular formula is C22H30N4O2. The molecule has 1 N–H and O–H groups in total. The van der Waals surface area contributed by atoms with Crippen LogP contribution in [0, 0.1) is 0 Å². The number of rotatable bonds is 6. The van der Waals surface area contributed by atoms with Gasteiger partial charge in [0.1, 0.15) is 5.69 Å². The van der Waals surface area contributed by atoms with E-state index in [9.17, 15) is 4.79 Å². The Hall–Kier alpha value is -2.31. The molecule has 6 heteroatoms. The van der Waals surface area contributed by atoms with E-state index in [1.807, 2.05) is 17.7 Å². The second kappa shape index (κ2) is 7.97. The molecule has 0 aliphatic carbocycles. The number of ether oxygens (including phenoxy) is 1. The van der Waals surface area contributed by atoms with Crippen molar-refractivity contribution in [2.75, 3.05) is 39.4 Å². The minimum atomic E-state index is 0.0000599. The third-order valence-corrected chi connectivity index (χ3v) is 5.68. The molecular weight excluding hydrogens is 352 g/mol. The minimum Gasteiger partial charge on any atom is -0.379 e. The molecule has 0 unspecified atom stereocenters. The highest BCUT2D eigenvalue weighted by Gasteiger charge is 2.20. The smallest absolute Gasteiger partial charge is 0.267 e. The number of amides is 1. The average Bonchev–Trinajstić information content (AvgIpc) is 3.20. The van der Waals surface area contributed by atoms with Crippen LogP contribution in [-0.2, 0) is 11.8 Å². The van der Waals surface area contributed by atoms with Gasteiger partial charge >= 0.3 is 0 Å². The van der Waals surface area contributed by atoms with Gasteiger partial charge in [0.25, 0.3) is 5.91 Å². The molecule has 2 aromatic heterocycles. The molecule has 0 saturated carbocycles. The number of hydrogen-bond donors (Lipinski definition) is 1. The van der Waals surface area contributed by atoms with Crippen molar-refractivity contribution in [3.05, 3.63) is 36.0 Å². The van der Waals surface area contributed by atoms with E-state index in [-0.39, 0.29) is 5.91 Å². The molecule has 28 heavy (non-hydrogen) atoms. The summed E-state index contributed by atoms with van der Waals surface area (Å²) in [5.41, 5.74) is 4.19. The third kappa shape index (κ3) is 3.42. The van der Waals surface area contributed by atoms with Gasteiger partial charge in [-0.15, -0.1) is 0 Å². The number of carbonyl (C=O) groups excluding carboxylic acids is 1. The fourth-order valence-electron chi connectivity index (χ4n) is 4.30. The van der Waals surface area contributed by atoms with E-state index in [0.29, 0.717) is 12.6 Å². The highest BCUT2D eigenvalue weighted by atomic mass is 16.5. The van der Waals surface area contributed by atoms with Crippen molar-refractivity contribution in [1.82, 2.24) is 19.4 Å². The number of aryl methyl sites for hydroxylation is 1. The summed E-state index contributed by atoms with van der Waals surface area (Å²) in [7, 11) is 1.99. The molecule has 1 aromatic carbocycles. The first-order chi connectivity index (χ1) is 13.6. The van der Waals surface area contributed by atoms with Gasteiger partial charge in [0.2, 0.25) is 0 Å². The molecule has 1 saturated heterocycles. The Bertz CT molecular complexity index is 979. The first kappa shape index (κ1) is 19.0. The fourth-order valence-corrected chi connectivity index (χ4v) is 4.30. The molecule has 3 aromatic rings. The Morgan fingerprint density at radius 2 is 1.93 bits per heavy atom. The first-order valence-corrected chi connectivity index (χ1v) is 10.2. The van der Waals surface area contributed by atoms with E-state index in [0.717, 1.165) is 56.0 Å². The van der Waals surface area contributed by atoms with Gasteiger partial charge in [-0.1, -0.05) is 18.2 Å². The summed E-state index contributed by atoms with van der Waals surface area (Å²) in [6.07, 6.45) is 0.955. The minimum absolute atomic E-state index is 0.0000599. The number of nitrogens with one attached hydrogen (secondary N) is 1. The molecule has 1 aliphatic heterocycles. The highest BCUT2D eigenvalue weighted by Crippen LogP contribution is 2.33. The molecule has 3 heterocycles. The van der Waals surface area contributed by atoms with Crippen molar-refractivity contribution in [1.29, 1.82) is 0 Å². The lowest BCUT2D eigenvalue weighted by molar-refractivity contribution is 0.0374. The highest BCUT2D eigenvalue weighted by molar-refractivity contribution is 6.10. The van der Waals surface area contributed by atoms with Crippen LogP contribution in [0.25, 0.3) is 21.9 Å². The van der Waals surface area contributed by atoms with Crippen LogP contribution in [0.1, 0.15) is 36.8 Å². The van der Waals surface area contributed by atoms with E-state index in [4.69, 9.17) is 4.74 Å². The van der Waals surface area contributed by atoms with Crippen molar-refractivity contribution in [3.8, 4) is 0 Å². The van der Waals surface area contributed by atoms with E-state index in [1.165, 1.54) is 10.9 Å². The van der Waals surface area contributed by atoms with Gasteiger partial charge in [-0.05, 0) is 38.9 Å². The van der Waals surface area contributed by atoms with Gasteiger partial charge in [-0.3, -0.25) is 9.69 Å². The number of nitrogens with zero attached hydrogens (tertiary/aromatic N) is 3. The molecule has 0 radical (unpaired) electrons. The Balaban J connectivity index is 1.51. The average molecular weight is 383 g/mol. The van der Waals surface area contributed by atoms with E-state index in [2.05, 4.69) is 52.9 Å². The normalized spacial score (nSPS) is 15.7. The van der Waals surface area contributed by atoms with E-state index >= 15 is 0 Å². The molecule has 4 rings (SSSR count). The summed E-state index contributed by atoms with van der Waals surface area (Å²) in [4.78, 5) is 15.2. The topological polar surface area (TPSA) is 51.4 Å². The maximum absolute atomic E-state index is 12.8. The largest absolute Gasteiger partial charge is 0.379 e. The van der Waals surface area contributed by atoms with Crippen LogP contribution in [0.15, 0.2) is 30.3 Å². The SMILES string of the molecule is CC(C)n1c2ccccc2c2c1cc(C(=O)NCCCN1CCOCC1)n2C. The molecule has 0 bridgehead atoms. The van der Waals surface area contributed by atoms with E-state index in [1.54, 1.807) is 0 Å². The lowest BCUT2D eigenvalue weighted by Crippen LogP contribution is -2.38. The number of benzene rings is 1. The number of aromatic nitrogens is 2. The van der Waals surface area contributed by atoms with Crippen LogP contribution in [0.4, 0.5) is 0 Å². The van der Waals surface area contributed by atoms with Crippen LogP contribution in [0.2, 0.25) is 0 Å². The Morgan fingerprint density at radius 3 is 2.68 bits per heavy atom. The summed E-state index contributed by atoms with van der Waals surface area (Å²) in [6, 6.07) is 10.8. The van der Waals surface area contributed by atoms with Crippen molar-refractivity contribution < 1.29 is 9.53 Å². The van der Waals surface area contributed by atoms with Gasteiger partial charge in [-0.25, -0.2) is 0 Å². The summed E-state index contributed by atoms with van der Waals surface area (Å²) >= 11 is 0. The number of para-hydroxylation sites is 1. The number of fused-ring (bicyclic) bond motifs is 3. The maximum atomic E-state index is 12.8. The fraction of sp³-hybridized carbons (Fsp3) is 0.500. The Labute approximate surface area is 166 Å². The predicted octanol–water partition coefficient (Wildman–Crippen LogP) is 3.17. The Kier molecular flexibility index (Phi) is 5.42. The number of hydrogen-bond acceptors (Lipinski definition) is 3. The molecule has 6 nitrogen and oxygen atoms in total.